The molecule has 2 N–H and O–H groups in total. The van der Waals surface area contributed by atoms with Gasteiger partial charge in [-0.2, -0.15) is 0 Å². The summed E-state index contributed by atoms with van der Waals surface area (Å²) in [6, 6.07) is 5.78. The highest BCUT2D eigenvalue weighted by Crippen LogP contribution is 2.29. The number of hydrogen-bond acceptors (Lipinski definition) is 3. The predicted octanol–water partition coefficient (Wildman–Crippen LogP) is 1.41. The Morgan fingerprint density at radius 3 is 2.73 bits per heavy atom. The highest BCUT2D eigenvalue weighted by Gasteiger charge is 2.30. The van der Waals surface area contributed by atoms with Crippen LogP contribution in [0.15, 0.2) is 18.2 Å². The first-order valence-corrected chi connectivity index (χ1v) is 7.76. The van der Waals surface area contributed by atoms with Crippen LogP contribution in [0.2, 0.25) is 0 Å². The van der Waals surface area contributed by atoms with E-state index in [0.717, 1.165) is 23.2 Å². The van der Waals surface area contributed by atoms with Gasteiger partial charge in [-0.3, -0.25) is 9.59 Å². The molecule has 0 radical (unpaired) electrons. The van der Waals surface area contributed by atoms with Crippen molar-refractivity contribution >= 4 is 17.5 Å². The van der Waals surface area contributed by atoms with Crippen molar-refractivity contribution < 1.29 is 14.7 Å². The van der Waals surface area contributed by atoms with Crippen LogP contribution < -0.4 is 10.2 Å². The van der Waals surface area contributed by atoms with E-state index in [2.05, 4.69) is 5.32 Å². The van der Waals surface area contributed by atoms with Gasteiger partial charge in [0.2, 0.25) is 0 Å². The van der Waals surface area contributed by atoms with Gasteiger partial charge in [0.15, 0.2) is 0 Å². The van der Waals surface area contributed by atoms with Crippen molar-refractivity contribution in [3.63, 3.8) is 0 Å². The molecule has 0 bridgehead atoms. The number of carbonyl (C=O) groups is 2. The van der Waals surface area contributed by atoms with Gasteiger partial charge < -0.3 is 15.3 Å². The fraction of sp³-hybridized carbons (Fsp3) is 0.529. The van der Waals surface area contributed by atoms with Gasteiger partial charge >= 0.3 is 11.8 Å². The summed E-state index contributed by atoms with van der Waals surface area (Å²) < 4.78 is 0. The Kier molecular flexibility index (Phi) is 5.19. The lowest BCUT2D eigenvalue weighted by molar-refractivity contribution is -0.138. The van der Waals surface area contributed by atoms with Crippen LogP contribution in [0.5, 0.6) is 0 Å². The molecule has 0 spiro atoms. The van der Waals surface area contributed by atoms with Gasteiger partial charge in [0.05, 0.1) is 0 Å². The Labute approximate surface area is 131 Å². The number of hydrogen-bond donors (Lipinski definition) is 2. The number of anilines is 1. The minimum Gasteiger partial charge on any atom is -0.396 e. The van der Waals surface area contributed by atoms with Crippen molar-refractivity contribution in [3.8, 4) is 0 Å². The van der Waals surface area contributed by atoms with Crippen LogP contribution in [-0.2, 0) is 16.0 Å². The third-order valence-electron chi connectivity index (χ3n) is 4.14. The first-order valence-electron chi connectivity index (χ1n) is 7.76. The number of carbonyl (C=O) groups excluding carboxylic acids is 2. The lowest BCUT2D eigenvalue weighted by Gasteiger charge is -2.23. The second-order valence-electron chi connectivity index (χ2n) is 6.18. The van der Waals surface area contributed by atoms with Gasteiger partial charge in [-0.05, 0) is 42.9 Å². The van der Waals surface area contributed by atoms with Gasteiger partial charge in [0.1, 0.15) is 0 Å². The van der Waals surface area contributed by atoms with E-state index in [1.807, 2.05) is 39.0 Å². The minimum absolute atomic E-state index is 0.0109. The molecular formula is C17H24N2O3. The van der Waals surface area contributed by atoms with Crippen LogP contribution in [0, 0.1) is 12.8 Å². The number of rotatable bonds is 4. The van der Waals surface area contributed by atoms with Gasteiger partial charge in [-0.25, -0.2) is 0 Å². The second kappa shape index (κ2) is 6.92. The molecule has 0 aliphatic carbocycles. The average Bonchev–Trinajstić information content (AvgIpc) is 2.88. The van der Waals surface area contributed by atoms with Crippen LogP contribution in [0.3, 0.4) is 0 Å². The Morgan fingerprint density at radius 1 is 1.36 bits per heavy atom. The monoisotopic (exact) mass is 304 g/mol. The van der Waals surface area contributed by atoms with Gasteiger partial charge in [-0.1, -0.05) is 26.0 Å². The van der Waals surface area contributed by atoms with E-state index in [-0.39, 0.29) is 18.6 Å². The van der Waals surface area contributed by atoms with Crippen molar-refractivity contribution in [3.05, 3.63) is 29.3 Å². The van der Waals surface area contributed by atoms with E-state index >= 15 is 0 Å². The molecule has 2 amide bonds. The molecule has 5 heteroatoms. The SMILES string of the molecule is Cc1ccc2c(c1)N(C(=O)C(=O)NC(CCO)C(C)C)CC2. The largest absolute Gasteiger partial charge is 0.396 e. The summed E-state index contributed by atoms with van der Waals surface area (Å²) in [4.78, 5) is 26.2. The zero-order valence-corrected chi connectivity index (χ0v) is 13.4. The first kappa shape index (κ1) is 16.5. The number of amides is 2. The number of aliphatic hydroxyl groups is 1. The number of aliphatic hydroxyl groups excluding tert-OH is 1. The van der Waals surface area contributed by atoms with Crippen LogP contribution in [0.4, 0.5) is 5.69 Å². The van der Waals surface area contributed by atoms with Gasteiger partial charge in [0, 0.05) is 24.9 Å². The second-order valence-corrected chi connectivity index (χ2v) is 6.18. The summed E-state index contributed by atoms with van der Waals surface area (Å²) in [7, 11) is 0. The summed E-state index contributed by atoms with van der Waals surface area (Å²) in [5.41, 5.74) is 3.00. The molecule has 2 rings (SSSR count). The van der Waals surface area contributed by atoms with E-state index in [1.54, 1.807) is 4.90 Å². The zero-order valence-electron chi connectivity index (χ0n) is 13.4. The molecule has 0 fully saturated rings. The van der Waals surface area contributed by atoms with Crippen LogP contribution >= 0.6 is 0 Å². The fourth-order valence-electron chi connectivity index (χ4n) is 2.76. The molecule has 1 aliphatic heterocycles. The zero-order chi connectivity index (χ0) is 16.3. The van der Waals surface area contributed by atoms with Crippen LogP contribution in [0.25, 0.3) is 0 Å². The smallest absolute Gasteiger partial charge is 0.316 e. The van der Waals surface area contributed by atoms with E-state index in [0.29, 0.717) is 13.0 Å². The van der Waals surface area contributed by atoms with E-state index in [4.69, 9.17) is 5.11 Å². The molecule has 1 aromatic rings. The van der Waals surface area contributed by atoms with Crippen molar-refractivity contribution in [1.82, 2.24) is 5.32 Å². The Bertz CT molecular complexity index is 569. The number of aryl methyl sites for hydroxylation is 1. The molecule has 22 heavy (non-hydrogen) atoms. The topological polar surface area (TPSA) is 69.6 Å². The van der Waals surface area contributed by atoms with Gasteiger partial charge in [-0.15, -0.1) is 0 Å². The maximum Gasteiger partial charge on any atom is 0.316 e. The van der Waals surface area contributed by atoms with E-state index in [1.165, 1.54) is 0 Å². The molecule has 0 aromatic heterocycles. The van der Waals surface area contributed by atoms with E-state index in [9.17, 15) is 9.59 Å². The Morgan fingerprint density at radius 2 is 2.09 bits per heavy atom. The number of nitrogens with one attached hydrogen (secondary N) is 1. The predicted molar refractivity (Wildman–Crippen MR) is 85.7 cm³/mol. The van der Waals surface area contributed by atoms with Crippen LogP contribution in [0.1, 0.15) is 31.4 Å². The molecule has 0 saturated heterocycles. The first-order chi connectivity index (χ1) is 10.4. The molecule has 120 valence electrons. The molecule has 0 saturated carbocycles. The molecule has 1 aliphatic rings. The molecule has 5 nitrogen and oxygen atoms in total. The third kappa shape index (κ3) is 3.47. The Balaban J connectivity index is 2.10. The lowest BCUT2D eigenvalue weighted by Crippen LogP contribution is -2.48. The fourth-order valence-corrected chi connectivity index (χ4v) is 2.76. The lowest BCUT2D eigenvalue weighted by atomic mass is 10.0. The summed E-state index contributed by atoms with van der Waals surface area (Å²) in [5.74, 6) is -0.952. The molecule has 1 aromatic carbocycles. The Hall–Kier alpha value is -1.88. The molecular weight excluding hydrogens is 280 g/mol. The highest BCUT2D eigenvalue weighted by atomic mass is 16.3. The van der Waals surface area contributed by atoms with E-state index < -0.39 is 11.8 Å². The number of nitrogens with zero attached hydrogens (tertiary/aromatic N) is 1. The standard InChI is InChI=1S/C17H24N2O3/c1-11(2)14(7-9-20)18-16(21)17(22)19-8-6-13-5-4-12(3)10-15(13)19/h4-5,10-11,14,20H,6-9H2,1-3H3,(H,18,21). The number of benzene rings is 1. The van der Waals surface area contributed by atoms with Crippen LogP contribution in [-0.4, -0.2) is 36.1 Å². The maximum absolute atomic E-state index is 12.4. The quantitative estimate of drug-likeness (QED) is 0.826. The summed E-state index contributed by atoms with van der Waals surface area (Å²) in [5, 5.41) is 11.8. The van der Waals surface area contributed by atoms with Gasteiger partial charge in [0.25, 0.3) is 0 Å². The summed E-state index contributed by atoms with van der Waals surface area (Å²) in [6.07, 6.45) is 1.23. The third-order valence-corrected chi connectivity index (χ3v) is 4.14. The summed E-state index contributed by atoms with van der Waals surface area (Å²) in [6.45, 7) is 6.41. The molecule has 1 atom stereocenters. The highest BCUT2D eigenvalue weighted by molar-refractivity contribution is 6.40. The van der Waals surface area contributed by atoms with Crippen molar-refractivity contribution in [1.29, 1.82) is 0 Å². The van der Waals surface area contributed by atoms with Crippen molar-refractivity contribution in [2.75, 3.05) is 18.1 Å². The molecule has 1 heterocycles. The minimum atomic E-state index is -0.596. The molecule has 1 unspecified atom stereocenters. The average molecular weight is 304 g/mol. The summed E-state index contributed by atoms with van der Waals surface area (Å²) >= 11 is 0. The maximum atomic E-state index is 12.4. The van der Waals surface area contributed by atoms with Crippen molar-refractivity contribution in [2.24, 2.45) is 5.92 Å². The number of fused-ring (bicyclic) bond motifs is 1. The van der Waals surface area contributed by atoms with Crippen molar-refractivity contribution in [2.45, 2.75) is 39.7 Å². The normalized spacial score (nSPS) is 14.9.